The van der Waals surface area contributed by atoms with Crippen molar-refractivity contribution < 1.29 is 0 Å². The Hall–Kier alpha value is -0.830. The van der Waals surface area contributed by atoms with Crippen LogP contribution in [0.5, 0.6) is 0 Å². The smallest absolute Gasteiger partial charge is 0.193 e. The molecule has 3 aliphatic heterocycles. The molecule has 3 heterocycles. The summed E-state index contributed by atoms with van der Waals surface area (Å²) in [6.45, 7) is 8.69. The first-order valence-corrected chi connectivity index (χ1v) is 11.4. The van der Waals surface area contributed by atoms with Gasteiger partial charge in [0.2, 0.25) is 0 Å². The first kappa shape index (κ1) is 23.8. The number of halogens is 2. The zero-order chi connectivity index (χ0) is 20.1. The lowest BCUT2D eigenvalue weighted by molar-refractivity contribution is 0.177. The SMILES string of the molecule is CN=C(NCC1CCN(Cc2ccccc2Cl)CC1)N1CCC(N2CC=CC2)C1.I. The van der Waals surface area contributed by atoms with Crippen molar-refractivity contribution in [1.29, 1.82) is 0 Å². The number of nitrogens with zero attached hydrogens (tertiary/aromatic N) is 4. The van der Waals surface area contributed by atoms with Crippen molar-refractivity contribution in [3.63, 3.8) is 0 Å². The highest BCUT2D eigenvalue weighted by Gasteiger charge is 2.30. The van der Waals surface area contributed by atoms with Gasteiger partial charge in [-0.3, -0.25) is 14.8 Å². The summed E-state index contributed by atoms with van der Waals surface area (Å²) in [5, 5.41) is 4.55. The van der Waals surface area contributed by atoms with E-state index < -0.39 is 0 Å². The summed E-state index contributed by atoms with van der Waals surface area (Å²) in [6, 6.07) is 8.87. The van der Waals surface area contributed by atoms with E-state index in [-0.39, 0.29) is 24.0 Å². The van der Waals surface area contributed by atoms with Crippen LogP contribution in [0.1, 0.15) is 24.8 Å². The zero-order valence-electron chi connectivity index (χ0n) is 18.0. The number of aliphatic imine (C=N–C) groups is 1. The Morgan fingerprint density at radius 3 is 2.53 bits per heavy atom. The lowest BCUT2D eigenvalue weighted by atomic mass is 9.96. The number of likely N-dealkylation sites (tertiary alicyclic amines) is 2. The average Bonchev–Trinajstić information content (AvgIpc) is 3.43. The van der Waals surface area contributed by atoms with Crippen LogP contribution >= 0.6 is 35.6 Å². The summed E-state index contributed by atoms with van der Waals surface area (Å²) in [5.41, 5.74) is 1.24. The number of hydrogen-bond acceptors (Lipinski definition) is 3. The van der Waals surface area contributed by atoms with Crippen LogP contribution in [-0.2, 0) is 6.54 Å². The Bertz CT molecular complexity index is 724. The molecule has 0 spiro atoms. The molecule has 7 heteroatoms. The van der Waals surface area contributed by atoms with Gasteiger partial charge in [0.1, 0.15) is 0 Å². The molecule has 166 valence electrons. The summed E-state index contributed by atoms with van der Waals surface area (Å²) in [6.07, 6.45) is 8.28. The molecule has 4 rings (SSSR count). The maximum absolute atomic E-state index is 6.33. The molecule has 0 bridgehead atoms. The molecule has 2 saturated heterocycles. The number of nitrogens with one attached hydrogen (secondary N) is 1. The van der Waals surface area contributed by atoms with E-state index in [1.54, 1.807) is 0 Å². The predicted octanol–water partition coefficient (Wildman–Crippen LogP) is 3.69. The first-order chi connectivity index (χ1) is 14.2. The van der Waals surface area contributed by atoms with E-state index in [2.05, 4.69) is 49.3 Å². The minimum atomic E-state index is 0. The highest BCUT2D eigenvalue weighted by Crippen LogP contribution is 2.22. The van der Waals surface area contributed by atoms with E-state index in [0.29, 0.717) is 6.04 Å². The van der Waals surface area contributed by atoms with Gasteiger partial charge in [-0.15, -0.1) is 24.0 Å². The molecule has 1 aromatic carbocycles. The third-order valence-electron chi connectivity index (χ3n) is 6.65. The minimum Gasteiger partial charge on any atom is -0.356 e. The molecule has 1 atom stereocenters. The highest BCUT2D eigenvalue weighted by atomic mass is 127. The van der Waals surface area contributed by atoms with Crippen LogP contribution in [-0.4, -0.2) is 79.6 Å². The van der Waals surface area contributed by atoms with Crippen molar-refractivity contribution in [3.8, 4) is 0 Å². The van der Waals surface area contributed by atoms with Crippen LogP contribution in [0, 0.1) is 5.92 Å². The number of piperidine rings is 1. The van der Waals surface area contributed by atoms with Gasteiger partial charge in [0, 0.05) is 57.4 Å². The van der Waals surface area contributed by atoms with E-state index in [1.807, 2.05) is 19.2 Å². The number of hydrogen-bond donors (Lipinski definition) is 1. The van der Waals surface area contributed by atoms with Gasteiger partial charge in [-0.2, -0.15) is 0 Å². The first-order valence-electron chi connectivity index (χ1n) is 11.0. The molecular formula is C23H35ClIN5. The van der Waals surface area contributed by atoms with Crippen LogP contribution in [0.4, 0.5) is 0 Å². The van der Waals surface area contributed by atoms with Crippen LogP contribution in [0.15, 0.2) is 41.4 Å². The summed E-state index contributed by atoms with van der Waals surface area (Å²) in [7, 11) is 1.92. The monoisotopic (exact) mass is 543 g/mol. The molecular weight excluding hydrogens is 509 g/mol. The fourth-order valence-electron chi connectivity index (χ4n) is 4.81. The molecule has 0 saturated carbocycles. The van der Waals surface area contributed by atoms with E-state index >= 15 is 0 Å². The van der Waals surface area contributed by atoms with Crippen LogP contribution < -0.4 is 5.32 Å². The molecule has 1 N–H and O–H groups in total. The molecule has 0 amide bonds. The Morgan fingerprint density at radius 2 is 1.83 bits per heavy atom. The van der Waals surface area contributed by atoms with Crippen molar-refractivity contribution in [2.75, 3.05) is 52.9 Å². The van der Waals surface area contributed by atoms with Gasteiger partial charge in [-0.05, 0) is 49.9 Å². The summed E-state index contributed by atoms with van der Waals surface area (Å²) < 4.78 is 0. The number of rotatable bonds is 5. The summed E-state index contributed by atoms with van der Waals surface area (Å²) >= 11 is 6.33. The summed E-state index contributed by atoms with van der Waals surface area (Å²) in [4.78, 5) is 12.1. The highest BCUT2D eigenvalue weighted by molar-refractivity contribution is 14.0. The second kappa shape index (κ2) is 11.7. The Labute approximate surface area is 203 Å². The van der Waals surface area contributed by atoms with Gasteiger partial charge in [-0.25, -0.2) is 0 Å². The topological polar surface area (TPSA) is 34.1 Å². The van der Waals surface area contributed by atoms with Gasteiger partial charge < -0.3 is 10.2 Å². The van der Waals surface area contributed by atoms with Crippen molar-refractivity contribution in [3.05, 3.63) is 47.0 Å². The molecule has 3 aliphatic rings. The van der Waals surface area contributed by atoms with E-state index in [4.69, 9.17) is 11.6 Å². The van der Waals surface area contributed by atoms with Crippen LogP contribution in [0.2, 0.25) is 5.02 Å². The van der Waals surface area contributed by atoms with Crippen LogP contribution in [0.25, 0.3) is 0 Å². The van der Waals surface area contributed by atoms with Crippen molar-refractivity contribution in [2.24, 2.45) is 10.9 Å². The lowest BCUT2D eigenvalue weighted by Gasteiger charge is -2.33. The van der Waals surface area contributed by atoms with E-state index in [0.717, 1.165) is 69.3 Å². The third-order valence-corrected chi connectivity index (χ3v) is 7.01. The van der Waals surface area contributed by atoms with Gasteiger partial charge in [-0.1, -0.05) is 42.0 Å². The van der Waals surface area contributed by atoms with Gasteiger partial charge in [0.25, 0.3) is 0 Å². The molecule has 0 radical (unpaired) electrons. The Kier molecular flexibility index (Phi) is 9.29. The molecule has 2 fully saturated rings. The van der Waals surface area contributed by atoms with E-state index in [1.165, 1.54) is 24.8 Å². The average molecular weight is 544 g/mol. The van der Waals surface area contributed by atoms with Gasteiger partial charge >= 0.3 is 0 Å². The fraction of sp³-hybridized carbons (Fsp3) is 0.609. The quantitative estimate of drug-likeness (QED) is 0.266. The maximum atomic E-state index is 6.33. The standard InChI is InChI=1S/C23H34ClN5.HI/c1-25-23(29-15-10-21(18-29)28-11-4-5-12-28)26-16-19-8-13-27(14-9-19)17-20-6-2-3-7-22(20)24;/h2-7,19,21H,8-18H2,1H3,(H,25,26);1H. The lowest BCUT2D eigenvalue weighted by Crippen LogP contribution is -2.45. The Morgan fingerprint density at radius 1 is 1.10 bits per heavy atom. The Balaban J connectivity index is 0.00000256. The maximum Gasteiger partial charge on any atom is 0.193 e. The van der Waals surface area contributed by atoms with E-state index in [9.17, 15) is 0 Å². The van der Waals surface area contributed by atoms with Crippen molar-refractivity contribution >= 4 is 41.5 Å². The molecule has 1 aromatic rings. The second-order valence-electron chi connectivity index (χ2n) is 8.55. The largest absolute Gasteiger partial charge is 0.356 e. The molecule has 30 heavy (non-hydrogen) atoms. The summed E-state index contributed by atoms with van der Waals surface area (Å²) in [5.74, 6) is 1.80. The predicted molar refractivity (Wildman–Crippen MR) is 137 cm³/mol. The van der Waals surface area contributed by atoms with Gasteiger partial charge in [0.15, 0.2) is 5.96 Å². The fourth-order valence-corrected chi connectivity index (χ4v) is 5.00. The van der Waals surface area contributed by atoms with Gasteiger partial charge in [0.05, 0.1) is 0 Å². The van der Waals surface area contributed by atoms with Crippen molar-refractivity contribution in [1.82, 2.24) is 20.0 Å². The number of benzene rings is 1. The van der Waals surface area contributed by atoms with Crippen LogP contribution in [0.3, 0.4) is 0 Å². The second-order valence-corrected chi connectivity index (χ2v) is 8.96. The molecule has 0 aliphatic carbocycles. The normalized spacial score (nSPS) is 23.7. The third kappa shape index (κ3) is 6.11. The molecule has 1 unspecified atom stereocenters. The minimum absolute atomic E-state index is 0. The number of guanidine groups is 1. The molecule has 5 nitrogen and oxygen atoms in total. The van der Waals surface area contributed by atoms with Crippen molar-refractivity contribution in [2.45, 2.75) is 31.8 Å². The molecule has 0 aromatic heterocycles. The zero-order valence-corrected chi connectivity index (χ0v) is 21.1.